The zero-order chi connectivity index (χ0) is 27.9. The topological polar surface area (TPSA) is 147 Å². The molecule has 39 heavy (non-hydrogen) atoms. The van der Waals surface area contributed by atoms with Gasteiger partial charge in [0.25, 0.3) is 0 Å². The largest absolute Gasteiger partial charge is 0.497 e. The first kappa shape index (κ1) is 30.0. The van der Waals surface area contributed by atoms with Crippen LogP contribution in [0, 0.1) is 0 Å². The summed E-state index contributed by atoms with van der Waals surface area (Å²) in [6.45, 7) is 4.24. The average Bonchev–Trinajstić information content (AvgIpc) is 3.38. The number of thiazole rings is 1. The van der Waals surface area contributed by atoms with Crippen LogP contribution >= 0.6 is 23.1 Å². The highest BCUT2D eigenvalue weighted by atomic mass is 32.2. The normalized spacial score (nSPS) is 10.7. The maximum absolute atomic E-state index is 12.1. The standard InChI is InChI=1S/C26H37N9O2S2/c1-34(13-11-30-25(36)31-12-16-38-18-21-19-39-26(32-21)33-24(27)28)14-15-35(23-5-3-4-10-29-23)17-20-6-8-22(37-2)9-7-20/h3-10,19H,11-18H2,1-2H3,(H2,30,31,36)(H4,27,28,32,33). The van der Waals surface area contributed by atoms with Crippen LogP contribution in [0.3, 0.4) is 0 Å². The van der Waals surface area contributed by atoms with Crippen LogP contribution in [0.2, 0.25) is 0 Å². The van der Waals surface area contributed by atoms with Crippen LogP contribution in [0.15, 0.2) is 59.0 Å². The number of nitrogens with zero attached hydrogens (tertiary/aromatic N) is 5. The molecule has 6 N–H and O–H groups in total. The summed E-state index contributed by atoms with van der Waals surface area (Å²) in [7, 11) is 3.72. The average molecular weight is 572 g/mol. The summed E-state index contributed by atoms with van der Waals surface area (Å²) in [4.78, 5) is 29.4. The Bertz CT molecular complexity index is 1160. The number of nitrogens with one attached hydrogen (secondary N) is 2. The maximum Gasteiger partial charge on any atom is 0.314 e. The van der Waals surface area contributed by atoms with E-state index in [0.29, 0.717) is 18.2 Å². The fraction of sp³-hybridized carbons (Fsp3) is 0.385. The van der Waals surface area contributed by atoms with E-state index in [2.05, 4.69) is 54.6 Å². The number of methoxy groups -OCH3 is 1. The SMILES string of the molecule is COc1ccc(CN(CCN(C)CCNC(=O)NCCSCc2csc(N=C(N)N)n2)c2ccccn2)cc1. The van der Waals surface area contributed by atoms with Gasteiger partial charge in [-0.15, -0.1) is 11.3 Å². The van der Waals surface area contributed by atoms with Crippen molar-refractivity contribution >= 4 is 46.0 Å². The van der Waals surface area contributed by atoms with Crippen molar-refractivity contribution in [1.29, 1.82) is 0 Å². The summed E-state index contributed by atoms with van der Waals surface area (Å²) >= 11 is 3.08. The van der Waals surface area contributed by atoms with Crippen LogP contribution in [0.25, 0.3) is 0 Å². The van der Waals surface area contributed by atoms with Gasteiger partial charge in [0.1, 0.15) is 11.6 Å². The molecule has 0 fully saturated rings. The van der Waals surface area contributed by atoms with Crippen molar-refractivity contribution in [3.63, 3.8) is 0 Å². The fourth-order valence-corrected chi connectivity index (χ4v) is 5.09. The van der Waals surface area contributed by atoms with Crippen LogP contribution in [-0.2, 0) is 12.3 Å². The highest BCUT2D eigenvalue weighted by Crippen LogP contribution is 2.21. The number of amides is 2. The third kappa shape index (κ3) is 11.4. The van der Waals surface area contributed by atoms with Gasteiger partial charge in [-0.2, -0.15) is 16.8 Å². The van der Waals surface area contributed by atoms with E-state index in [4.69, 9.17) is 16.2 Å². The van der Waals surface area contributed by atoms with Gasteiger partial charge in [0.15, 0.2) is 5.96 Å². The Balaban J connectivity index is 1.31. The zero-order valence-corrected chi connectivity index (χ0v) is 24.0. The number of pyridine rings is 1. The third-order valence-corrected chi connectivity index (χ3v) is 7.36. The van der Waals surface area contributed by atoms with E-state index in [1.807, 2.05) is 41.9 Å². The van der Waals surface area contributed by atoms with Gasteiger partial charge >= 0.3 is 6.03 Å². The number of nitrogens with two attached hydrogens (primary N) is 2. The fourth-order valence-electron chi connectivity index (χ4n) is 3.53. The number of rotatable bonds is 16. The van der Waals surface area contributed by atoms with Gasteiger partial charge in [-0.3, -0.25) is 0 Å². The molecule has 0 atom stereocenters. The van der Waals surface area contributed by atoms with E-state index < -0.39 is 0 Å². The molecule has 0 saturated carbocycles. The lowest BCUT2D eigenvalue weighted by atomic mass is 10.2. The predicted molar refractivity (Wildman–Crippen MR) is 161 cm³/mol. The second kappa shape index (κ2) is 16.4. The van der Waals surface area contributed by atoms with E-state index in [1.165, 1.54) is 16.9 Å². The molecule has 0 aliphatic rings. The van der Waals surface area contributed by atoms with Crippen molar-refractivity contribution in [2.24, 2.45) is 16.5 Å². The first-order chi connectivity index (χ1) is 18.9. The lowest BCUT2D eigenvalue weighted by molar-refractivity contribution is 0.239. The van der Waals surface area contributed by atoms with E-state index in [9.17, 15) is 4.79 Å². The minimum absolute atomic E-state index is 0.00106. The smallest absolute Gasteiger partial charge is 0.314 e. The number of guanidine groups is 1. The lowest BCUT2D eigenvalue weighted by Crippen LogP contribution is -2.41. The predicted octanol–water partition coefficient (Wildman–Crippen LogP) is 2.62. The van der Waals surface area contributed by atoms with Gasteiger partial charge in [-0.05, 0) is 36.9 Å². The molecule has 0 saturated heterocycles. The molecule has 13 heteroatoms. The number of anilines is 1. The Morgan fingerprint density at radius 3 is 2.62 bits per heavy atom. The van der Waals surface area contributed by atoms with Crippen LogP contribution in [0.4, 0.5) is 15.7 Å². The van der Waals surface area contributed by atoms with Gasteiger partial charge in [0.2, 0.25) is 5.13 Å². The van der Waals surface area contributed by atoms with Crippen molar-refractivity contribution in [3.8, 4) is 5.75 Å². The van der Waals surface area contributed by atoms with Crippen LogP contribution in [0.5, 0.6) is 5.75 Å². The molecule has 0 aliphatic heterocycles. The molecule has 0 spiro atoms. The third-order valence-electron chi connectivity index (χ3n) is 5.58. The van der Waals surface area contributed by atoms with E-state index in [0.717, 1.165) is 54.9 Å². The first-order valence-corrected chi connectivity index (χ1v) is 14.6. The Labute approximate surface area is 238 Å². The number of carbonyl (C=O) groups excluding carboxylic acids is 1. The van der Waals surface area contributed by atoms with Gasteiger partial charge in [0.05, 0.1) is 12.8 Å². The van der Waals surface area contributed by atoms with Crippen molar-refractivity contribution in [2.45, 2.75) is 12.3 Å². The summed E-state index contributed by atoms with van der Waals surface area (Å²) < 4.78 is 5.27. The lowest BCUT2D eigenvalue weighted by Gasteiger charge is -2.27. The number of hydrogen-bond acceptors (Lipinski definition) is 9. The number of thioether (sulfide) groups is 1. The Hall–Kier alpha value is -3.55. The summed E-state index contributed by atoms with van der Waals surface area (Å²) in [5.41, 5.74) is 12.8. The maximum atomic E-state index is 12.1. The van der Waals surface area contributed by atoms with Crippen LogP contribution < -0.4 is 31.7 Å². The molecule has 1 aromatic carbocycles. The molecular weight excluding hydrogens is 534 g/mol. The Kier molecular flexibility index (Phi) is 12.6. The number of carbonyl (C=O) groups is 1. The quantitative estimate of drug-likeness (QED) is 0.116. The molecule has 2 amide bonds. The van der Waals surface area contributed by atoms with Gasteiger partial charge < -0.3 is 36.6 Å². The second-order valence-corrected chi connectivity index (χ2v) is 10.6. The van der Waals surface area contributed by atoms with E-state index >= 15 is 0 Å². The highest BCUT2D eigenvalue weighted by molar-refractivity contribution is 7.98. The molecule has 2 heterocycles. The molecule has 0 radical (unpaired) electrons. The summed E-state index contributed by atoms with van der Waals surface area (Å²) in [6, 6.07) is 13.9. The van der Waals surface area contributed by atoms with Crippen molar-refractivity contribution in [1.82, 2.24) is 25.5 Å². The summed E-state index contributed by atoms with van der Waals surface area (Å²) in [5, 5.41) is 8.30. The zero-order valence-electron chi connectivity index (χ0n) is 22.4. The number of urea groups is 1. The number of benzene rings is 1. The minimum Gasteiger partial charge on any atom is -0.497 e. The van der Waals surface area contributed by atoms with Gasteiger partial charge in [-0.25, -0.2) is 14.8 Å². The molecule has 3 rings (SSSR count). The first-order valence-electron chi connectivity index (χ1n) is 12.5. The van der Waals surface area contributed by atoms with Crippen LogP contribution in [-0.4, -0.2) is 79.5 Å². The number of likely N-dealkylation sites (N-methyl/N-ethyl adjacent to an activating group) is 1. The highest BCUT2D eigenvalue weighted by Gasteiger charge is 2.11. The van der Waals surface area contributed by atoms with Crippen molar-refractivity contribution in [2.75, 3.05) is 57.5 Å². The molecular formula is C26H37N9O2S2. The molecule has 210 valence electrons. The minimum atomic E-state index is -0.165. The molecule has 3 aromatic rings. The molecule has 2 aromatic heterocycles. The summed E-state index contributed by atoms with van der Waals surface area (Å²) in [5.74, 6) is 3.29. The van der Waals surface area contributed by atoms with E-state index in [1.54, 1.807) is 18.9 Å². The van der Waals surface area contributed by atoms with Gasteiger partial charge in [0, 0.05) is 62.4 Å². The molecule has 0 aliphatic carbocycles. The Morgan fingerprint density at radius 2 is 1.90 bits per heavy atom. The van der Waals surface area contributed by atoms with Crippen LogP contribution in [0.1, 0.15) is 11.3 Å². The van der Waals surface area contributed by atoms with E-state index in [-0.39, 0.29) is 12.0 Å². The monoisotopic (exact) mass is 571 g/mol. The van der Waals surface area contributed by atoms with Gasteiger partial charge in [-0.1, -0.05) is 18.2 Å². The number of ether oxygens (including phenoxy) is 1. The molecule has 0 bridgehead atoms. The number of hydrogen-bond donors (Lipinski definition) is 4. The second-order valence-electron chi connectivity index (χ2n) is 8.65. The van der Waals surface area contributed by atoms with Crippen molar-refractivity contribution in [3.05, 3.63) is 65.3 Å². The number of aliphatic imine (C=N–C) groups is 1. The van der Waals surface area contributed by atoms with Crippen molar-refractivity contribution < 1.29 is 9.53 Å². The Morgan fingerprint density at radius 1 is 1.10 bits per heavy atom. The molecule has 0 unspecified atom stereocenters. The number of aromatic nitrogens is 2. The molecule has 11 nitrogen and oxygen atoms in total. The summed E-state index contributed by atoms with van der Waals surface area (Å²) in [6.07, 6.45) is 1.81.